The molecule has 0 bridgehead atoms. The Bertz CT molecular complexity index is 579. The van der Waals surface area contributed by atoms with Crippen LogP contribution in [-0.2, 0) is 6.18 Å². The van der Waals surface area contributed by atoms with Crippen molar-refractivity contribution in [1.29, 1.82) is 0 Å². The van der Waals surface area contributed by atoms with Gasteiger partial charge in [-0.15, -0.1) is 0 Å². The molecule has 0 aliphatic rings. The van der Waals surface area contributed by atoms with Crippen LogP contribution in [0.15, 0.2) is 42.6 Å². The molecule has 1 atom stereocenters. The van der Waals surface area contributed by atoms with E-state index in [2.05, 4.69) is 10.3 Å². The lowest BCUT2D eigenvalue weighted by Gasteiger charge is -2.16. The lowest BCUT2D eigenvalue weighted by molar-refractivity contribution is -0.137. The van der Waals surface area contributed by atoms with E-state index in [1.807, 2.05) is 31.2 Å². The van der Waals surface area contributed by atoms with Gasteiger partial charge in [-0.3, -0.25) is 0 Å². The molecule has 0 aliphatic carbocycles. The molecule has 0 saturated carbocycles. The zero-order valence-electron chi connectivity index (χ0n) is 11.6. The minimum absolute atomic E-state index is 0.0832. The number of halogens is 3. The fraction of sp³-hybridized carbons (Fsp3) is 0.267. The van der Waals surface area contributed by atoms with Gasteiger partial charge in [0, 0.05) is 12.2 Å². The monoisotopic (exact) mass is 296 g/mol. The SMILES string of the molecule is COc1ccc(C(C)Nc2ccc(C(F)(F)F)cn2)cc1. The number of aromatic nitrogens is 1. The minimum atomic E-state index is -4.37. The Labute approximate surface area is 120 Å². The molecule has 0 fully saturated rings. The molecule has 0 spiro atoms. The fourth-order valence-electron chi connectivity index (χ4n) is 1.84. The van der Waals surface area contributed by atoms with Crippen molar-refractivity contribution in [2.75, 3.05) is 12.4 Å². The first-order valence-corrected chi connectivity index (χ1v) is 6.34. The normalized spacial score (nSPS) is 12.8. The first kappa shape index (κ1) is 15.2. The number of anilines is 1. The molecule has 112 valence electrons. The van der Waals surface area contributed by atoms with Gasteiger partial charge in [0.15, 0.2) is 0 Å². The van der Waals surface area contributed by atoms with Crippen molar-refractivity contribution in [3.63, 3.8) is 0 Å². The second-order valence-electron chi connectivity index (χ2n) is 4.57. The molecule has 1 aromatic carbocycles. The van der Waals surface area contributed by atoms with Gasteiger partial charge in [-0.25, -0.2) is 4.98 Å². The third-order valence-corrected chi connectivity index (χ3v) is 3.07. The van der Waals surface area contributed by atoms with Crippen LogP contribution >= 0.6 is 0 Å². The Morgan fingerprint density at radius 2 is 1.76 bits per heavy atom. The van der Waals surface area contributed by atoms with E-state index >= 15 is 0 Å². The second kappa shape index (κ2) is 6.03. The summed E-state index contributed by atoms with van der Waals surface area (Å²) in [6.07, 6.45) is -3.55. The second-order valence-corrected chi connectivity index (χ2v) is 4.57. The average molecular weight is 296 g/mol. The van der Waals surface area contributed by atoms with Crippen LogP contribution in [0.5, 0.6) is 5.75 Å². The first-order chi connectivity index (χ1) is 9.90. The molecule has 2 rings (SSSR count). The summed E-state index contributed by atoms with van der Waals surface area (Å²) in [7, 11) is 1.59. The predicted molar refractivity (Wildman–Crippen MR) is 74.3 cm³/mol. The average Bonchev–Trinajstić information content (AvgIpc) is 2.47. The molecule has 0 saturated heterocycles. The van der Waals surface area contributed by atoms with Crippen LogP contribution in [-0.4, -0.2) is 12.1 Å². The molecule has 2 aromatic rings. The van der Waals surface area contributed by atoms with E-state index in [0.717, 1.165) is 23.6 Å². The molecule has 0 radical (unpaired) electrons. The van der Waals surface area contributed by atoms with Crippen molar-refractivity contribution in [3.8, 4) is 5.75 Å². The van der Waals surface area contributed by atoms with E-state index in [4.69, 9.17) is 4.74 Å². The Hall–Kier alpha value is -2.24. The van der Waals surface area contributed by atoms with Crippen molar-refractivity contribution in [3.05, 3.63) is 53.7 Å². The summed E-state index contributed by atoms with van der Waals surface area (Å²) in [5.74, 6) is 1.14. The summed E-state index contributed by atoms with van der Waals surface area (Å²) >= 11 is 0. The smallest absolute Gasteiger partial charge is 0.417 e. The number of benzene rings is 1. The van der Waals surface area contributed by atoms with E-state index in [0.29, 0.717) is 5.82 Å². The number of hydrogen-bond acceptors (Lipinski definition) is 3. The van der Waals surface area contributed by atoms with Gasteiger partial charge in [0.05, 0.1) is 12.7 Å². The Morgan fingerprint density at radius 3 is 2.24 bits per heavy atom. The zero-order chi connectivity index (χ0) is 15.5. The van der Waals surface area contributed by atoms with Crippen LogP contribution in [0, 0.1) is 0 Å². The van der Waals surface area contributed by atoms with E-state index in [1.165, 1.54) is 6.07 Å². The van der Waals surface area contributed by atoms with Gasteiger partial charge in [0.1, 0.15) is 11.6 Å². The first-order valence-electron chi connectivity index (χ1n) is 6.34. The van der Waals surface area contributed by atoms with E-state index < -0.39 is 11.7 Å². The molecule has 0 aliphatic heterocycles. The summed E-state index contributed by atoms with van der Waals surface area (Å²) in [5.41, 5.74) is 0.225. The number of alkyl halides is 3. The Balaban J connectivity index is 2.06. The molecule has 3 nitrogen and oxygen atoms in total. The highest BCUT2D eigenvalue weighted by Gasteiger charge is 2.30. The van der Waals surface area contributed by atoms with E-state index in [9.17, 15) is 13.2 Å². The quantitative estimate of drug-likeness (QED) is 0.914. The highest BCUT2D eigenvalue weighted by molar-refractivity contribution is 5.40. The lowest BCUT2D eigenvalue weighted by atomic mass is 10.1. The van der Waals surface area contributed by atoms with E-state index in [-0.39, 0.29) is 6.04 Å². The summed E-state index contributed by atoms with van der Waals surface area (Å²) in [4.78, 5) is 3.79. The molecular weight excluding hydrogens is 281 g/mol. The van der Waals surface area contributed by atoms with Crippen molar-refractivity contribution >= 4 is 5.82 Å². The number of nitrogens with zero attached hydrogens (tertiary/aromatic N) is 1. The van der Waals surface area contributed by atoms with Gasteiger partial charge in [-0.2, -0.15) is 13.2 Å². The van der Waals surface area contributed by atoms with Crippen LogP contribution < -0.4 is 10.1 Å². The van der Waals surface area contributed by atoms with Crippen LogP contribution in [0.4, 0.5) is 19.0 Å². The molecule has 1 aromatic heterocycles. The highest BCUT2D eigenvalue weighted by Crippen LogP contribution is 2.29. The molecule has 21 heavy (non-hydrogen) atoms. The standard InChI is InChI=1S/C15H15F3N2O/c1-10(11-3-6-13(21-2)7-4-11)20-14-8-5-12(9-19-14)15(16,17)18/h3-10H,1-2H3,(H,19,20). The van der Waals surface area contributed by atoms with Crippen molar-refractivity contribution in [2.45, 2.75) is 19.1 Å². The lowest BCUT2D eigenvalue weighted by Crippen LogP contribution is -2.10. The predicted octanol–water partition coefficient (Wildman–Crippen LogP) is 4.28. The van der Waals surface area contributed by atoms with Gasteiger partial charge in [0.25, 0.3) is 0 Å². The summed E-state index contributed by atoms with van der Waals surface area (Å²) in [6, 6.07) is 9.68. The highest BCUT2D eigenvalue weighted by atomic mass is 19.4. The number of nitrogens with one attached hydrogen (secondary N) is 1. The number of methoxy groups -OCH3 is 1. The van der Waals surface area contributed by atoms with Crippen LogP contribution in [0.2, 0.25) is 0 Å². The van der Waals surface area contributed by atoms with Crippen LogP contribution in [0.25, 0.3) is 0 Å². The van der Waals surface area contributed by atoms with Gasteiger partial charge in [-0.05, 0) is 36.8 Å². The van der Waals surface area contributed by atoms with Gasteiger partial charge >= 0.3 is 6.18 Å². The zero-order valence-corrected chi connectivity index (χ0v) is 11.6. The topological polar surface area (TPSA) is 34.1 Å². The molecule has 1 unspecified atom stereocenters. The molecule has 1 N–H and O–H groups in total. The summed E-state index contributed by atoms with van der Waals surface area (Å²) < 4.78 is 42.4. The maximum Gasteiger partial charge on any atom is 0.417 e. The van der Waals surface area contributed by atoms with Gasteiger partial charge in [-0.1, -0.05) is 12.1 Å². The summed E-state index contributed by atoms with van der Waals surface area (Å²) in [6.45, 7) is 1.90. The maximum atomic E-state index is 12.4. The molecular formula is C15H15F3N2O. The van der Waals surface area contributed by atoms with Crippen molar-refractivity contribution in [1.82, 2.24) is 4.98 Å². The minimum Gasteiger partial charge on any atom is -0.497 e. The van der Waals surface area contributed by atoms with Crippen LogP contribution in [0.1, 0.15) is 24.1 Å². The molecule has 1 heterocycles. The largest absolute Gasteiger partial charge is 0.497 e. The third-order valence-electron chi connectivity index (χ3n) is 3.07. The number of rotatable bonds is 4. The Kier molecular flexibility index (Phi) is 4.35. The number of pyridine rings is 1. The Morgan fingerprint density at radius 1 is 1.10 bits per heavy atom. The van der Waals surface area contributed by atoms with Gasteiger partial charge < -0.3 is 10.1 Å². The van der Waals surface area contributed by atoms with E-state index in [1.54, 1.807) is 7.11 Å². The summed E-state index contributed by atoms with van der Waals surface area (Å²) in [5, 5.41) is 3.06. The van der Waals surface area contributed by atoms with Crippen molar-refractivity contribution in [2.24, 2.45) is 0 Å². The molecule has 6 heteroatoms. The number of hydrogen-bond donors (Lipinski definition) is 1. The molecule has 0 amide bonds. The van der Waals surface area contributed by atoms with Gasteiger partial charge in [0.2, 0.25) is 0 Å². The fourth-order valence-corrected chi connectivity index (χ4v) is 1.84. The van der Waals surface area contributed by atoms with Crippen molar-refractivity contribution < 1.29 is 17.9 Å². The number of ether oxygens (including phenoxy) is 1. The maximum absolute atomic E-state index is 12.4. The van der Waals surface area contributed by atoms with Crippen LogP contribution in [0.3, 0.4) is 0 Å². The third kappa shape index (κ3) is 3.87.